The van der Waals surface area contributed by atoms with Crippen LogP contribution in [0.15, 0.2) is 18.2 Å². The molecule has 0 radical (unpaired) electrons. The molecule has 2 aliphatic rings. The van der Waals surface area contributed by atoms with Gasteiger partial charge >= 0.3 is 0 Å². The van der Waals surface area contributed by atoms with Gasteiger partial charge in [0.05, 0.1) is 18.7 Å². The maximum Gasteiger partial charge on any atom is 0.226 e. The molecule has 2 atom stereocenters. The minimum absolute atomic E-state index is 0.0272. The Morgan fingerprint density at radius 2 is 2.33 bits per heavy atom. The third-order valence-corrected chi connectivity index (χ3v) is 4.96. The van der Waals surface area contributed by atoms with Crippen LogP contribution in [0.3, 0.4) is 0 Å². The minimum Gasteiger partial charge on any atom is -0.478 e. The van der Waals surface area contributed by atoms with Crippen LogP contribution in [-0.4, -0.2) is 29.6 Å². The lowest BCUT2D eigenvalue weighted by atomic mass is 9.50. The summed E-state index contributed by atoms with van der Waals surface area (Å²) in [7, 11) is 0. The number of carbonyl (C=O) groups excluding carboxylic acids is 1. The summed E-state index contributed by atoms with van der Waals surface area (Å²) in [5, 5.41) is 3.14. The van der Waals surface area contributed by atoms with Gasteiger partial charge < -0.3 is 15.8 Å². The highest BCUT2D eigenvalue weighted by atomic mass is 16.5. The molecular formula is C16H23N3O2. The number of hydrogen-bond acceptors (Lipinski definition) is 4. The van der Waals surface area contributed by atoms with E-state index in [1.807, 2.05) is 19.1 Å². The molecule has 1 aromatic rings. The van der Waals surface area contributed by atoms with E-state index < -0.39 is 0 Å². The number of ether oxygens (including phenoxy) is 1. The van der Waals surface area contributed by atoms with Gasteiger partial charge in [0.2, 0.25) is 11.8 Å². The first-order valence-corrected chi connectivity index (χ1v) is 7.78. The van der Waals surface area contributed by atoms with E-state index in [0.717, 1.165) is 25.0 Å². The monoisotopic (exact) mass is 289 g/mol. The Morgan fingerprint density at radius 3 is 2.95 bits per heavy atom. The van der Waals surface area contributed by atoms with Crippen molar-refractivity contribution in [3.63, 3.8) is 0 Å². The molecule has 1 heterocycles. The van der Waals surface area contributed by atoms with Gasteiger partial charge in [-0.25, -0.2) is 4.98 Å². The Balaban J connectivity index is 1.56. The fourth-order valence-electron chi connectivity index (χ4n) is 3.52. The standard InChI is InChI=1S/C16H23N3O2/c1-2-21-15-6-3-5-11(18-15)9-14(20)19-13-10-12(17)16(13)7-4-8-16/h3,5-6,12-13H,2,4,7-10,17H2,1H3,(H,19,20). The van der Waals surface area contributed by atoms with Crippen molar-refractivity contribution in [3.8, 4) is 5.88 Å². The highest BCUT2D eigenvalue weighted by Gasteiger charge is 2.56. The molecule has 1 spiro atoms. The molecule has 1 aromatic heterocycles. The number of carbonyl (C=O) groups is 1. The lowest BCUT2D eigenvalue weighted by molar-refractivity contribution is -0.127. The SMILES string of the molecule is CCOc1cccc(CC(=O)NC2CC(N)C23CCC3)n1. The number of amides is 1. The van der Waals surface area contributed by atoms with E-state index >= 15 is 0 Å². The largest absolute Gasteiger partial charge is 0.478 e. The summed E-state index contributed by atoms with van der Waals surface area (Å²) in [5.41, 5.74) is 7.04. The van der Waals surface area contributed by atoms with E-state index in [0.29, 0.717) is 18.9 Å². The molecule has 5 nitrogen and oxygen atoms in total. The number of hydrogen-bond donors (Lipinski definition) is 2. The predicted octanol–water partition coefficient (Wildman–Crippen LogP) is 1.41. The molecule has 5 heteroatoms. The van der Waals surface area contributed by atoms with Gasteiger partial charge in [-0.1, -0.05) is 12.5 Å². The molecule has 114 valence electrons. The smallest absolute Gasteiger partial charge is 0.226 e. The van der Waals surface area contributed by atoms with Crippen LogP contribution >= 0.6 is 0 Å². The second kappa shape index (κ2) is 5.64. The van der Waals surface area contributed by atoms with Crippen molar-refractivity contribution < 1.29 is 9.53 Å². The van der Waals surface area contributed by atoms with Gasteiger partial charge in [-0.3, -0.25) is 4.79 Å². The normalized spacial score (nSPS) is 25.8. The summed E-state index contributed by atoms with van der Waals surface area (Å²) in [6.45, 7) is 2.49. The fourth-order valence-corrected chi connectivity index (χ4v) is 3.52. The number of rotatable bonds is 5. The summed E-state index contributed by atoms with van der Waals surface area (Å²) in [4.78, 5) is 16.5. The average molecular weight is 289 g/mol. The highest BCUT2D eigenvalue weighted by Crippen LogP contribution is 2.54. The van der Waals surface area contributed by atoms with Crippen molar-refractivity contribution in [3.05, 3.63) is 23.9 Å². The first-order valence-electron chi connectivity index (χ1n) is 7.78. The molecule has 3 N–H and O–H groups in total. The first-order chi connectivity index (χ1) is 10.1. The van der Waals surface area contributed by atoms with Crippen molar-refractivity contribution in [2.45, 2.75) is 51.1 Å². The lowest BCUT2D eigenvalue weighted by Gasteiger charge is -2.60. The number of nitrogens with two attached hydrogens (primary N) is 1. The van der Waals surface area contributed by atoms with Gasteiger partial charge in [0.1, 0.15) is 0 Å². The third kappa shape index (κ3) is 2.62. The summed E-state index contributed by atoms with van der Waals surface area (Å²) >= 11 is 0. The van der Waals surface area contributed by atoms with E-state index in [1.54, 1.807) is 6.07 Å². The minimum atomic E-state index is 0.0272. The van der Waals surface area contributed by atoms with Crippen LogP contribution in [0, 0.1) is 5.41 Å². The maximum absolute atomic E-state index is 12.2. The molecule has 0 saturated heterocycles. The predicted molar refractivity (Wildman–Crippen MR) is 79.9 cm³/mol. The van der Waals surface area contributed by atoms with E-state index in [2.05, 4.69) is 10.3 Å². The van der Waals surface area contributed by atoms with Gasteiger partial charge in [0, 0.05) is 23.6 Å². The number of pyridine rings is 1. The fraction of sp³-hybridized carbons (Fsp3) is 0.625. The van der Waals surface area contributed by atoms with E-state index in [1.165, 1.54) is 6.42 Å². The molecule has 2 fully saturated rings. The van der Waals surface area contributed by atoms with Crippen LogP contribution in [0.1, 0.15) is 38.3 Å². The van der Waals surface area contributed by atoms with Gasteiger partial charge in [0.25, 0.3) is 0 Å². The van der Waals surface area contributed by atoms with Crippen molar-refractivity contribution in [2.75, 3.05) is 6.61 Å². The first kappa shape index (κ1) is 14.3. The Hall–Kier alpha value is -1.62. The Labute approximate surface area is 125 Å². The molecule has 2 aliphatic carbocycles. The topological polar surface area (TPSA) is 77.2 Å². The Morgan fingerprint density at radius 1 is 1.52 bits per heavy atom. The average Bonchev–Trinajstić information content (AvgIpc) is 2.36. The van der Waals surface area contributed by atoms with Crippen molar-refractivity contribution in [2.24, 2.45) is 11.1 Å². The Bertz CT molecular complexity index is 528. The zero-order valence-electron chi connectivity index (χ0n) is 12.5. The van der Waals surface area contributed by atoms with E-state index in [-0.39, 0.29) is 23.4 Å². The molecule has 0 bridgehead atoms. The van der Waals surface area contributed by atoms with Crippen LogP contribution in [0.5, 0.6) is 5.88 Å². The molecule has 0 aromatic carbocycles. The van der Waals surface area contributed by atoms with Gasteiger partial charge in [-0.05, 0) is 32.3 Å². The van der Waals surface area contributed by atoms with Crippen molar-refractivity contribution in [1.82, 2.24) is 10.3 Å². The van der Waals surface area contributed by atoms with Crippen LogP contribution in [0.2, 0.25) is 0 Å². The van der Waals surface area contributed by atoms with Gasteiger partial charge in [0.15, 0.2) is 0 Å². The molecule has 3 rings (SSSR count). The Kier molecular flexibility index (Phi) is 3.85. The summed E-state index contributed by atoms with van der Waals surface area (Å²) in [6, 6.07) is 6.04. The second-order valence-electron chi connectivity index (χ2n) is 6.13. The summed E-state index contributed by atoms with van der Waals surface area (Å²) in [5.74, 6) is 0.600. The third-order valence-electron chi connectivity index (χ3n) is 4.96. The molecule has 2 saturated carbocycles. The van der Waals surface area contributed by atoms with Crippen LogP contribution in [-0.2, 0) is 11.2 Å². The number of nitrogens with zero attached hydrogens (tertiary/aromatic N) is 1. The van der Waals surface area contributed by atoms with Crippen molar-refractivity contribution in [1.29, 1.82) is 0 Å². The zero-order chi connectivity index (χ0) is 14.9. The quantitative estimate of drug-likeness (QED) is 0.859. The molecule has 0 aliphatic heterocycles. The zero-order valence-corrected chi connectivity index (χ0v) is 12.5. The van der Waals surface area contributed by atoms with E-state index in [9.17, 15) is 4.79 Å². The maximum atomic E-state index is 12.2. The van der Waals surface area contributed by atoms with Crippen LogP contribution in [0.25, 0.3) is 0 Å². The summed E-state index contributed by atoms with van der Waals surface area (Å²) < 4.78 is 5.36. The molecule has 1 amide bonds. The van der Waals surface area contributed by atoms with Crippen molar-refractivity contribution >= 4 is 5.91 Å². The lowest BCUT2D eigenvalue weighted by Crippen LogP contribution is -2.70. The molecule has 2 unspecified atom stereocenters. The molecular weight excluding hydrogens is 266 g/mol. The van der Waals surface area contributed by atoms with E-state index in [4.69, 9.17) is 10.5 Å². The van der Waals surface area contributed by atoms with Crippen LogP contribution in [0.4, 0.5) is 0 Å². The van der Waals surface area contributed by atoms with Gasteiger partial charge in [-0.15, -0.1) is 0 Å². The number of aromatic nitrogens is 1. The number of nitrogens with one attached hydrogen (secondary N) is 1. The molecule has 21 heavy (non-hydrogen) atoms. The second-order valence-corrected chi connectivity index (χ2v) is 6.13. The summed E-state index contributed by atoms with van der Waals surface area (Å²) in [6.07, 6.45) is 4.73. The highest BCUT2D eigenvalue weighted by molar-refractivity contribution is 5.78. The van der Waals surface area contributed by atoms with Gasteiger partial charge in [-0.2, -0.15) is 0 Å². The van der Waals surface area contributed by atoms with Crippen LogP contribution < -0.4 is 15.8 Å².